The molecule has 0 spiro atoms. The van der Waals surface area contributed by atoms with Crippen LogP contribution in [0.25, 0.3) is 0 Å². The minimum atomic E-state index is -1.63. The van der Waals surface area contributed by atoms with Crippen molar-refractivity contribution in [2.45, 2.75) is 334 Å². The van der Waals surface area contributed by atoms with Crippen LogP contribution < -0.4 is 5.11 Å². The van der Waals surface area contributed by atoms with Crippen molar-refractivity contribution in [1.29, 1.82) is 0 Å². The van der Waals surface area contributed by atoms with Gasteiger partial charge >= 0.3 is 11.9 Å². The van der Waals surface area contributed by atoms with Gasteiger partial charge in [0.1, 0.15) is 13.2 Å². The molecule has 0 bridgehead atoms. The number of hydrogen-bond acceptors (Lipinski definition) is 8. The number of quaternary nitrogens is 1. The van der Waals surface area contributed by atoms with Crippen LogP contribution in [0.2, 0.25) is 0 Å². The molecule has 0 aliphatic heterocycles. The van der Waals surface area contributed by atoms with Crippen LogP contribution in [0.5, 0.6) is 0 Å². The van der Waals surface area contributed by atoms with Gasteiger partial charge in [0.05, 0.1) is 40.3 Å². The molecule has 0 rings (SSSR count). The van der Waals surface area contributed by atoms with Crippen molar-refractivity contribution in [3.8, 4) is 0 Å². The van der Waals surface area contributed by atoms with Crippen LogP contribution in [0.15, 0.2) is 182 Å². The molecule has 2 atom stereocenters. The van der Waals surface area contributed by atoms with E-state index >= 15 is 0 Å². The van der Waals surface area contributed by atoms with Gasteiger partial charge in [0.2, 0.25) is 0 Å². The van der Waals surface area contributed by atoms with Crippen LogP contribution in [0.4, 0.5) is 0 Å². The number of aliphatic carboxylic acids is 1. The molecule has 9 nitrogen and oxygen atoms in total. The van der Waals surface area contributed by atoms with Crippen LogP contribution in [-0.4, -0.2) is 82.3 Å². The van der Waals surface area contributed by atoms with Gasteiger partial charge in [0.25, 0.3) is 0 Å². The fraction of sp³-hybridized carbons (Fsp3) is 0.641. The Morgan fingerprint density at radius 3 is 0.792 bits per heavy atom. The Morgan fingerprint density at radius 1 is 0.297 bits per heavy atom. The first-order chi connectivity index (χ1) is 49.6. The largest absolute Gasteiger partial charge is 0.545 e. The Labute approximate surface area is 621 Å². The van der Waals surface area contributed by atoms with Gasteiger partial charge in [0.15, 0.2) is 12.4 Å². The van der Waals surface area contributed by atoms with Crippen molar-refractivity contribution in [3.63, 3.8) is 0 Å². The molecule has 0 fully saturated rings. The van der Waals surface area contributed by atoms with Crippen LogP contribution in [0, 0.1) is 0 Å². The third-order valence-corrected chi connectivity index (χ3v) is 17.1. The summed E-state index contributed by atoms with van der Waals surface area (Å²) in [5, 5.41) is 11.9. The smallest absolute Gasteiger partial charge is 0.306 e. The molecule has 0 N–H and O–H groups in total. The summed E-state index contributed by atoms with van der Waals surface area (Å²) in [6, 6.07) is 0. The van der Waals surface area contributed by atoms with Gasteiger partial charge in [-0.3, -0.25) is 9.59 Å². The topological polar surface area (TPSA) is 111 Å². The molecule has 572 valence electrons. The molecule has 0 radical (unpaired) electrons. The van der Waals surface area contributed by atoms with E-state index in [2.05, 4.69) is 196 Å². The van der Waals surface area contributed by atoms with E-state index in [4.69, 9.17) is 18.9 Å². The van der Waals surface area contributed by atoms with Gasteiger partial charge in [-0.2, -0.15) is 0 Å². The highest BCUT2D eigenvalue weighted by atomic mass is 16.7. The van der Waals surface area contributed by atoms with Gasteiger partial charge in [-0.25, -0.2) is 0 Å². The maximum absolute atomic E-state index is 13.0. The van der Waals surface area contributed by atoms with Crippen molar-refractivity contribution in [2.24, 2.45) is 0 Å². The average Bonchev–Trinajstić information content (AvgIpc) is 1.21. The molecule has 9 heteroatoms. The Bertz CT molecular complexity index is 2330. The highest BCUT2D eigenvalue weighted by Gasteiger charge is 2.22. The normalized spacial score (nSPS) is 13.6. The van der Waals surface area contributed by atoms with E-state index in [1.165, 1.54) is 154 Å². The van der Waals surface area contributed by atoms with E-state index in [0.717, 1.165) is 135 Å². The first-order valence-electron chi connectivity index (χ1n) is 40.9. The second kappa shape index (κ2) is 80.1. The van der Waals surface area contributed by atoms with Crippen LogP contribution in [0.1, 0.15) is 322 Å². The number of unbranched alkanes of at least 4 members (excludes halogenated alkanes) is 29. The van der Waals surface area contributed by atoms with Gasteiger partial charge in [-0.15, -0.1) is 0 Å². The molecule has 0 saturated carbocycles. The van der Waals surface area contributed by atoms with Crippen molar-refractivity contribution in [2.75, 3.05) is 47.5 Å². The summed E-state index contributed by atoms with van der Waals surface area (Å²) >= 11 is 0. The number of carbonyl (C=O) groups excluding carboxylic acids is 3. The molecule has 0 aliphatic carbocycles. The fourth-order valence-corrected chi connectivity index (χ4v) is 11.0. The molecule has 101 heavy (non-hydrogen) atoms. The summed E-state index contributed by atoms with van der Waals surface area (Å²) in [5.41, 5.74) is 0. The first-order valence-corrected chi connectivity index (χ1v) is 40.9. The molecular formula is C92H151NO8. The van der Waals surface area contributed by atoms with Crippen molar-refractivity contribution in [1.82, 2.24) is 0 Å². The zero-order chi connectivity index (χ0) is 73.2. The molecule has 0 aromatic carbocycles. The second-order valence-electron chi connectivity index (χ2n) is 27.9. The number of rotatable bonds is 74. The van der Waals surface area contributed by atoms with E-state index in [1.54, 1.807) is 0 Å². The minimum Gasteiger partial charge on any atom is -0.545 e. The number of carbonyl (C=O) groups is 3. The minimum absolute atomic E-state index is 0.141. The quantitative estimate of drug-likeness (QED) is 0.0195. The summed E-state index contributed by atoms with van der Waals surface area (Å²) in [6.07, 6.45) is 119. The van der Waals surface area contributed by atoms with Crippen LogP contribution in [0.3, 0.4) is 0 Å². The number of carboxylic acid groups (broad SMARTS) is 1. The number of carboxylic acids is 1. The SMILES string of the molecule is CC/C=C\C/C=C\C/C=C\C/C=C\C/C=C\C/C=C\C/C=C\C/C=C\CCCCCCCCCCCCCCCCC(=O)OC(COC(=O)CCCCCCCCCCCCCCCCC/C=C\C/C=C\C/C=C\C/C=C\C/C=C\C/C=C\C/C=C\CC)COC(OCC[N+](C)(C)C)C(=O)[O-]. The lowest BCUT2D eigenvalue weighted by molar-refractivity contribution is -0.870. The molecule has 0 amide bonds. The molecule has 0 heterocycles. The molecule has 0 aromatic rings. The second-order valence-corrected chi connectivity index (χ2v) is 27.9. The van der Waals surface area contributed by atoms with Crippen LogP contribution in [-0.2, 0) is 33.3 Å². The molecule has 0 aromatic heterocycles. The lowest BCUT2D eigenvalue weighted by Gasteiger charge is -2.26. The lowest BCUT2D eigenvalue weighted by Crippen LogP contribution is -2.44. The maximum atomic E-state index is 13.0. The highest BCUT2D eigenvalue weighted by molar-refractivity contribution is 5.70. The standard InChI is InChI=1S/C92H151NO8/c1-6-8-10-12-14-16-18-20-22-24-26-28-30-32-34-36-38-40-42-44-45-47-49-51-53-55-57-59-61-63-65-67-69-71-73-75-77-79-81-83-90(95)101-88(87-100-92(91(96)97)98-85-84-93(3,4)5)86-99-89(94)82-80-78-76-74-72-70-68-66-64-62-60-58-56-54-52-50-48-46-43-41-39-37-35-33-31-29-27-25-23-21-19-17-15-13-11-9-7-2/h8-11,14-17,20-23,26-29,32-35,38-41,44-46,48-49,51,88,92H,6-7,12-13,18-19,24-25,30-31,36-37,42-43,47,50,52-87H2,1-5H3/b10-8-,11-9-,16-14-,17-15-,22-20-,23-21-,28-26-,29-27-,34-32-,35-33-,40-38-,41-39-,45-44-,48-46-,51-49-. The number of allylic oxidation sites excluding steroid dienone is 30. The number of likely N-dealkylation sites (N-methyl/N-ethyl adjacent to an activating group) is 1. The Balaban J connectivity index is 4.07. The average molecular weight is 1400 g/mol. The van der Waals surface area contributed by atoms with E-state index in [1.807, 2.05) is 21.1 Å². The Kier molecular flexibility index (Phi) is 75.6. The predicted molar refractivity (Wildman–Crippen MR) is 435 cm³/mol. The first kappa shape index (κ1) is 95.4. The van der Waals surface area contributed by atoms with Gasteiger partial charge in [-0.1, -0.05) is 357 Å². The predicted octanol–water partition coefficient (Wildman–Crippen LogP) is 25.4. The number of ether oxygens (including phenoxy) is 4. The third kappa shape index (κ3) is 81.6. The summed E-state index contributed by atoms with van der Waals surface area (Å²) in [4.78, 5) is 37.6. The molecule has 0 saturated heterocycles. The Morgan fingerprint density at radius 2 is 0.535 bits per heavy atom. The summed E-state index contributed by atoms with van der Waals surface area (Å²) in [5.74, 6) is -2.28. The zero-order valence-corrected chi connectivity index (χ0v) is 65.5. The van der Waals surface area contributed by atoms with Crippen molar-refractivity contribution in [3.05, 3.63) is 182 Å². The molecule has 0 aliphatic rings. The number of esters is 2. The lowest BCUT2D eigenvalue weighted by atomic mass is 10.0. The van der Waals surface area contributed by atoms with Gasteiger partial charge < -0.3 is 33.3 Å². The van der Waals surface area contributed by atoms with Gasteiger partial charge in [-0.05, 0) is 135 Å². The van der Waals surface area contributed by atoms with Crippen molar-refractivity contribution >= 4 is 17.9 Å². The van der Waals surface area contributed by atoms with E-state index in [0.29, 0.717) is 17.4 Å². The Hall–Kier alpha value is -5.61. The summed E-state index contributed by atoms with van der Waals surface area (Å²) in [6.45, 7) is 4.53. The molecular weight excluding hydrogens is 1250 g/mol. The summed E-state index contributed by atoms with van der Waals surface area (Å²) in [7, 11) is 5.93. The van der Waals surface area contributed by atoms with E-state index in [9.17, 15) is 19.5 Å². The fourth-order valence-electron chi connectivity index (χ4n) is 11.0. The third-order valence-electron chi connectivity index (χ3n) is 17.1. The summed E-state index contributed by atoms with van der Waals surface area (Å²) < 4.78 is 22.9. The van der Waals surface area contributed by atoms with E-state index < -0.39 is 24.3 Å². The maximum Gasteiger partial charge on any atom is 0.306 e. The van der Waals surface area contributed by atoms with Crippen molar-refractivity contribution < 1.29 is 42.9 Å². The highest BCUT2D eigenvalue weighted by Crippen LogP contribution is 2.18. The van der Waals surface area contributed by atoms with Gasteiger partial charge in [0, 0.05) is 12.8 Å². The van der Waals surface area contributed by atoms with E-state index in [-0.39, 0.29) is 38.6 Å². The molecule has 2 unspecified atom stereocenters. The number of hydrogen-bond donors (Lipinski definition) is 0. The number of nitrogens with zero attached hydrogens (tertiary/aromatic N) is 1. The monoisotopic (exact) mass is 1400 g/mol. The zero-order valence-electron chi connectivity index (χ0n) is 65.5. The van der Waals surface area contributed by atoms with Crippen LogP contribution >= 0.6 is 0 Å².